The van der Waals surface area contributed by atoms with Gasteiger partial charge in [-0.2, -0.15) is 0 Å². The van der Waals surface area contributed by atoms with Gasteiger partial charge in [-0.05, 0) is 32.9 Å². The minimum atomic E-state index is -0.151. The molecule has 0 amide bonds. The largest absolute Gasteiger partial charge is 0.422 e. The lowest BCUT2D eigenvalue weighted by molar-refractivity contribution is -0.916. The Kier molecular flexibility index (Phi) is 5.16. The van der Waals surface area contributed by atoms with E-state index in [1.54, 1.807) is 12.1 Å². The van der Waals surface area contributed by atoms with Gasteiger partial charge < -0.3 is 9.22 Å². The van der Waals surface area contributed by atoms with Crippen LogP contribution in [0, 0.1) is 0 Å². The molecule has 0 heterocycles. The predicted molar refractivity (Wildman–Crippen MR) is 68.8 cm³/mol. The Morgan fingerprint density at radius 3 is 2.06 bits per heavy atom. The molecule has 0 radical (unpaired) electrons. The fraction of sp³-hybridized carbons (Fsp3) is 0.500. The Hall–Kier alpha value is -1.35. The van der Waals surface area contributed by atoms with Crippen LogP contribution < -0.4 is 4.74 Å². The number of ether oxygens (including phenoxy) is 1. The van der Waals surface area contributed by atoms with Gasteiger partial charge >= 0.3 is 5.97 Å². The van der Waals surface area contributed by atoms with E-state index in [1.165, 1.54) is 0 Å². The van der Waals surface area contributed by atoms with Crippen molar-refractivity contribution in [2.24, 2.45) is 0 Å². The van der Waals surface area contributed by atoms with Crippen LogP contribution in [0.5, 0.6) is 5.75 Å². The fourth-order valence-corrected chi connectivity index (χ4v) is 1.93. The monoisotopic (exact) mass is 236 g/mol. The molecule has 1 rings (SSSR count). The van der Waals surface area contributed by atoms with Gasteiger partial charge in [0.05, 0.1) is 19.6 Å². The van der Waals surface area contributed by atoms with E-state index in [4.69, 9.17) is 4.74 Å². The number of carbonyl (C=O) groups is 1. The van der Waals surface area contributed by atoms with Crippen molar-refractivity contribution in [1.82, 2.24) is 0 Å². The van der Waals surface area contributed by atoms with Crippen LogP contribution in [0.1, 0.15) is 20.8 Å². The van der Waals surface area contributed by atoms with Gasteiger partial charge in [-0.15, -0.1) is 0 Å². The van der Waals surface area contributed by atoms with Crippen molar-refractivity contribution in [2.45, 2.75) is 20.8 Å². The van der Waals surface area contributed by atoms with E-state index in [0.717, 1.165) is 24.1 Å². The third kappa shape index (κ3) is 3.86. The topological polar surface area (TPSA) is 26.3 Å². The van der Waals surface area contributed by atoms with Gasteiger partial charge in [0.2, 0.25) is 0 Å². The van der Waals surface area contributed by atoms with Crippen LogP contribution in [0.25, 0.3) is 0 Å². The average Bonchev–Trinajstić information content (AvgIpc) is 2.37. The zero-order chi connectivity index (χ0) is 12.7. The molecule has 0 bridgehead atoms. The molecule has 0 aliphatic carbocycles. The summed E-state index contributed by atoms with van der Waals surface area (Å²) in [5.41, 5.74) is 0. The molecule has 3 nitrogen and oxygen atoms in total. The van der Waals surface area contributed by atoms with Crippen molar-refractivity contribution < 1.29 is 14.0 Å². The summed E-state index contributed by atoms with van der Waals surface area (Å²) in [4.78, 5) is 11.9. The maximum Gasteiger partial charge on any atom is 0.367 e. The maximum atomic E-state index is 11.9. The Morgan fingerprint density at radius 1 is 1.06 bits per heavy atom. The number of nitrogens with zero attached hydrogens (tertiary/aromatic N) is 1. The average molecular weight is 236 g/mol. The first kappa shape index (κ1) is 13.7. The zero-order valence-corrected chi connectivity index (χ0v) is 11.0. The minimum Gasteiger partial charge on any atom is -0.422 e. The molecule has 0 unspecified atom stereocenters. The van der Waals surface area contributed by atoms with Crippen LogP contribution in [-0.2, 0) is 4.79 Å². The van der Waals surface area contributed by atoms with E-state index in [9.17, 15) is 4.79 Å². The lowest BCUT2D eigenvalue weighted by atomic mass is 10.3. The number of para-hydroxylation sites is 1. The molecule has 1 aromatic carbocycles. The van der Waals surface area contributed by atoms with E-state index < -0.39 is 0 Å². The smallest absolute Gasteiger partial charge is 0.367 e. The Labute approximate surface area is 104 Å². The number of carbonyl (C=O) groups excluding carboxylic acids is 1. The normalized spacial score (nSPS) is 11.2. The zero-order valence-electron chi connectivity index (χ0n) is 11.0. The standard InChI is InChI=1S/C14H22NO2/c1-4-15(5-2,6-3)12-14(16)17-13-10-8-7-9-11-13/h7-11H,4-6,12H2,1-3H3/q+1. The molecular formula is C14H22NO2+. The molecule has 0 aliphatic heterocycles. The SMILES string of the molecule is CC[N+](CC)(CC)CC(=O)Oc1ccccc1. The molecule has 0 atom stereocenters. The van der Waals surface area contributed by atoms with Gasteiger partial charge in [-0.3, -0.25) is 0 Å². The summed E-state index contributed by atoms with van der Waals surface area (Å²) < 4.78 is 6.10. The van der Waals surface area contributed by atoms with Crippen molar-refractivity contribution in [3.05, 3.63) is 30.3 Å². The summed E-state index contributed by atoms with van der Waals surface area (Å²) >= 11 is 0. The second-order valence-electron chi connectivity index (χ2n) is 4.24. The quantitative estimate of drug-likeness (QED) is 0.431. The summed E-state index contributed by atoms with van der Waals surface area (Å²) in [5, 5.41) is 0. The van der Waals surface area contributed by atoms with E-state index in [-0.39, 0.29) is 5.97 Å². The lowest BCUT2D eigenvalue weighted by Gasteiger charge is -2.34. The highest BCUT2D eigenvalue weighted by Crippen LogP contribution is 2.11. The fourth-order valence-electron chi connectivity index (χ4n) is 1.93. The number of esters is 1. The molecule has 0 spiro atoms. The Bertz CT molecular complexity index is 336. The molecule has 94 valence electrons. The van der Waals surface area contributed by atoms with Crippen LogP contribution in [0.3, 0.4) is 0 Å². The van der Waals surface area contributed by atoms with E-state index >= 15 is 0 Å². The van der Waals surface area contributed by atoms with Crippen LogP contribution in [-0.4, -0.2) is 36.6 Å². The van der Waals surface area contributed by atoms with Gasteiger partial charge in [-0.25, -0.2) is 4.79 Å². The number of quaternary nitrogens is 1. The summed E-state index contributed by atoms with van der Waals surface area (Å²) in [5.74, 6) is 0.473. The molecular weight excluding hydrogens is 214 g/mol. The number of hydrogen-bond acceptors (Lipinski definition) is 2. The molecule has 0 aromatic heterocycles. The first-order valence-corrected chi connectivity index (χ1v) is 6.26. The third-order valence-electron chi connectivity index (χ3n) is 3.45. The van der Waals surface area contributed by atoms with Crippen LogP contribution in [0.4, 0.5) is 0 Å². The molecule has 0 saturated carbocycles. The summed E-state index contributed by atoms with van der Waals surface area (Å²) in [6, 6.07) is 9.24. The first-order valence-electron chi connectivity index (χ1n) is 6.26. The highest BCUT2D eigenvalue weighted by Gasteiger charge is 2.25. The van der Waals surface area contributed by atoms with Crippen molar-refractivity contribution in [1.29, 1.82) is 0 Å². The number of likely N-dealkylation sites (N-methyl/N-ethyl adjacent to an activating group) is 1. The molecule has 0 aliphatic rings. The Morgan fingerprint density at radius 2 is 1.59 bits per heavy atom. The summed E-state index contributed by atoms with van der Waals surface area (Å²) in [7, 11) is 0. The van der Waals surface area contributed by atoms with Gasteiger partial charge in [0, 0.05) is 0 Å². The third-order valence-corrected chi connectivity index (χ3v) is 3.45. The molecule has 0 fully saturated rings. The second-order valence-corrected chi connectivity index (χ2v) is 4.24. The number of rotatable bonds is 6. The van der Waals surface area contributed by atoms with Gasteiger partial charge in [-0.1, -0.05) is 18.2 Å². The molecule has 0 N–H and O–H groups in total. The highest BCUT2D eigenvalue weighted by atomic mass is 16.5. The summed E-state index contributed by atoms with van der Waals surface area (Å²) in [6.45, 7) is 9.65. The number of hydrogen-bond donors (Lipinski definition) is 0. The van der Waals surface area contributed by atoms with Gasteiger partial charge in [0.25, 0.3) is 0 Å². The van der Waals surface area contributed by atoms with Crippen LogP contribution >= 0.6 is 0 Å². The van der Waals surface area contributed by atoms with Crippen LogP contribution in [0.15, 0.2) is 30.3 Å². The summed E-state index contributed by atoms with van der Waals surface area (Å²) in [6.07, 6.45) is 0. The van der Waals surface area contributed by atoms with E-state index in [0.29, 0.717) is 12.3 Å². The van der Waals surface area contributed by atoms with E-state index in [2.05, 4.69) is 20.8 Å². The van der Waals surface area contributed by atoms with Crippen molar-refractivity contribution >= 4 is 5.97 Å². The molecule has 17 heavy (non-hydrogen) atoms. The van der Waals surface area contributed by atoms with Crippen LogP contribution in [0.2, 0.25) is 0 Å². The minimum absolute atomic E-state index is 0.151. The molecule has 3 heteroatoms. The highest BCUT2D eigenvalue weighted by molar-refractivity contribution is 5.73. The van der Waals surface area contributed by atoms with Gasteiger partial charge in [0.15, 0.2) is 6.54 Å². The van der Waals surface area contributed by atoms with Crippen molar-refractivity contribution in [2.75, 3.05) is 26.2 Å². The van der Waals surface area contributed by atoms with Gasteiger partial charge in [0.1, 0.15) is 5.75 Å². The van der Waals surface area contributed by atoms with Crippen molar-refractivity contribution in [3.8, 4) is 5.75 Å². The first-order chi connectivity index (χ1) is 8.15. The lowest BCUT2D eigenvalue weighted by Crippen LogP contribution is -2.51. The Balaban J connectivity index is 2.60. The maximum absolute atomic E-state index is 11.9. The van der Waals surface area contributed by atoms with E-state index in [1.807, 2.05) is 18.2 Å². The predicted octanol–water partition coefficient (Wildman–Crippen LogP) is 2.47. The molecule has 0 saturated heterocycles. The number of benzene rings is 1. The molecule has 1 aromatic rings. The second kappa shape index (κ2) is 6.40. The van der Waals surface area contributed by atoms with Crippen molar-refractivity contribution in [3.63, 3.8) is 0 Å².